The SMILES string of the molecule is C/C=C(/B1OC(C)(C)C(C)(C)O1)[C@H](C)N(/C(=C\C)C(C)B1OC(C)(C)C(C)(C)O1)c1ccc(CCCC)cc1. The maximum absolute atomic E-state index is 6.53. The molecular formula is C32H53B2NO4. The highest BCUT2D eigenvalue weighted by atomic mass is 16.7. The average Bonchev–Trinajstić information content (AvgIpc) is 3.20. The van der Waals surface area contributed by atoms with E-state index in [1.165, 1.54) is 18.4 Å². The Labute approximate surface area is 240 Å². The fraction of sp³-hybridized carbons (Fsp3) is 0.688. The third-order valence-electron chi connectivity index (χ3n) is 9.48. The first kappa shape index (κ1) is 32.0. The first-order valence-corrected chi connectivity index (χ1v) is 14.9. The molecule has 1 aromatic carbocycles. The zero-order valence-electron chi connectivity index (χ0n) is 27.0. The lowest BCUT2D eigenvalue weighted by molar-refractivity contribution is 0.00578. The topological polar surface area (TPSA) is 40.2 Å². The fourth-order valence-electron chi connectivity index (χ4n) is 5.36. The normalized spacial score (nSPS) is 23.7. The standard InChI is InChI=1S/C32H53B2NO4/c1-14-17-18-25-19-21-26(22-20-25)35(24(5)27(15-2)34-38-31(10,11)32(12,13)39-34)28(16-3)23(4)33-36-29(6,7)30(8,9)37-33/h15-16,19-24H,14,17-18H2,1-13H3/b27-15+,28-16-/t23?,24-/m0/s1. The molecule has 0 aliphatic carbocycles. The third-order valence-corrected chi connectivity index (χ3v) is 9.48. The Morgan fingerprint density at radius 2 is 1.28 bits per heavy atom. The number of hydrogen-bond donors (Lipinski definition) is 0. The van der Waals surface area contributed by atoms with Crippen molar-refractivity contribution in [1.29, 1.82) is 0 Å². The summed E-state index contributed by atoms with van der Waals surface area (Å²) in [6, 6.07) is 9.00. The van der Waals surface area contributed by atoms with Crippen LogP contribution in [0.4, 0.5) is 5.69 Å². The number of anilines is 1. The molecule has 1 aromatic rings. The average molecular weight is 537 g/mol. The van der Waals surface area contributed by atoms with Gasteiger partial charge in [-0.05, 0) is 112 Å². The molecule has 0 bridgehead atoms. The van der Waals surface area contributed by atoms with Crippen LogP contribution in [0.3, 0.4) is 0 Å². The van der Waals surface area contributed by atoms with Gasteiger partial charge >= 0.3 is 14.2 Å². The predicted molar refractivity (Wildman–Crippen MR) is 166 cm³/mol. The number of nitrogens with zero attached hydrogens (tertiary/aromatic N) is 1. The van der Waals surface area contributed by atoms with Crippen LogP contribution in [-0.2, 0) is 25.0 Å². The van der Waals surface area contributed by atoms with Crippen molar-refractivity contribution in [3.05, 3.63) is 53.2 Å². The van der Waals surface area contributed by atoms with Crippen LogP contribution in [0.5, 0.6) is 0 Å². The van der Waals surface area contributed by atoms with Crippen LogP contribution in [0.2, 0.25) is 5.82 Å². The molecule has 39 heavy (non-hydrogen) atoms. The molecule has 2 aliphatic heterocycles. The van der Waals surface area contributed by atoms with E-state index in [4.69, 9.17) is 18.6 Å². The molecule has 0 saturated carbocycles. The second-order valence-electron chi connectivity index (χ2n) is 13.3. The van der Waals surface area contributed by atoms with E-state index in [0.717, 1.165) is 23.3 Å². The minimum atomic E-state index is -0.424. The van der Waals surface area contributed by atoms with Crippen molar-refractivity contribution >= 4 is 19.9 Å². The molecule has 0 radical (unpaired) electrons. The molecule has 2 saturated heterocycles. The maximum Gasteiger partial charge on any atom is 0.492 e. The first-order valence-electron chi connectivity index (χ1n) is 14.9. The second-order valence-corrected chi connectivity index (χ2v) is 13.3. The highest BCUT2D eigenvalue weighted by Crippen LogP contribution is 2.45. The Kier molecular flexibility index (Phi) is 9.64. The van der Waals surface area contributed by atoms with E-state index in [9.17, 15) is 0 Å². The second kappa shape index (κ2) is 11.8. The zero-order valence-corrected chi connectivity index (χ0v) is 27.0. The molecule has 0 spiro atoms. The van der Waals surface area contributed by atoms with Crippen molar-refractivity contribution in [2.24, 2.45) is 0 Å². The minimum Gasteiger partial charge on any atom is -0.403 e. The Morgan fingerprint density at radius 1 is 0.795 bits per heavy atom. The Balaban J connectivity index is 2.02. The first-order chi connectivity index (χ1) is 18.0. The van der Waals surface area contributed by atoms with E-state index < -0.39 is 18.3 Å². The molecule has 3 rings (SSSR count). The van der Waals surface area contributed by atoms with Gasteiger partial charge in [-0.25, -0.2) is 0 Å². The fourth-order valence-corrected chi connectivity index (χ4v) is 5.36. The van der Waals surface area contributed by atoms with Gasteiger partial charge in [0.25, 0.3) is 0 Å². The molecule has 2 aliphatic rings. The van der Waals surface area contributed by atoms with Gasteiger partial charge in [-0.1, -0.05) is 44.6 Å². The highest BCUT2D eigenvalue weighted by Gasteiger charge is 2.55. The molecule has 7 heteroatoms. The van der Waals surface area contributed by atoms with Crippen LogP contribution in [0.1, 0.15) is 108 Å². The Hall–Kier alpha value is -1.53. The van der Waals surface area contributed by atoms with Crippen molar-refractivity contribution in [2.45, 2.75) is 144 Å². The molecule has 2 fully saturated rings. The summed E-state index contributed by atoms with van der Waals surface area (Å²) in [5.41, 5.74) is 3.16. The van der Waals surface area contributed by atoms with Gasteiger partial charge in [-0.2, -0.15) is 0 Å². The lowest BCUT2D eigenvalue weighted by Crippen LogP contribution is -2.42. The van der Waals surface area contributed by atoms with Gasteiger partial charge in [-0.15, -0.1) is 0 Å². The summed E-state index contributed by atoms with van der Waals surface area (Å²) < 4.78 is 26.1. The molecule has 0 N–H and O–H groups in total. The number of benzene rings is 1. The van der Waals surface area contributed by atoms with E-state index in [2.05, 4.69) is 131 Å². The van der Waals surface area contributed by atoms with E-state index in [1.807, 2.05) is 0 Å². The summed E-state index contributed by atoms with van der Waals surface area (Å²) in [5.74, 6) is -0.00493. The number of hydrogen-bond acceptors (Lipinski definition) is 5. The van der Waals surface area contributed by atoms with Gasteiger partial charge in [0.05, 0.1) is 22.4 Å². The molecule has 1 unspecified atom stereocenters. The van der Waals surface area contributed by atoms with Crippen molar-refractivity contribution in [3.63, 3.8) is 0 Å². The van der Waals surface area contributed by atoms with Crippen LogP contribution in [0.25, 0.3) is 0 Å². The lowest BCUT2D eigenvalue weighted by Gasteiger charge is -2.38. The van der Waals surface area contributed by atoms with E-state index in [-0.39, 0.29) is 30.2 Å². The third kappa shape index (κ3) is 6.37. The van der Waals surface area contributed by atoms with E-state index >= 15 is 0 Å². The minimum absolute atomic E-state index is 0.00493. The maximum atomic E-state index is 6.53. The molecular weight excluding hydrogens is 484 g/mol. The van der Waals surface area contributed by atoms with Crippen molar-refractivity contribution < 1.29 is 18.6 Å². The number of unbranched alkanes of at least 4 members (excludes halogenated alkanes) is 1. The highest BCUT2D eigenvalue weighted by molar-refractivity contribution is 6.55. The Bertz CT molecular complexity index is 1010. The van der Waals surface area contributed by atoms with Crippen molar-refractivity contribution in [2.75, 3.05) is 4.90 Å². The zero-order chi connectivity index (χ0) is 29.4. The lowest BCUT2D eigenvalue weighted by atomic mass is 9.69. The van der Waals surface area contributed by atoms with E-state index in [0.29, 0.717) is 0 Å². The quantitative estimate of drug-likeness (QED) is 0.282. The number of aryl methyl sites for hydroxylation is 1. The summed E-state index contributed by atoms with van der Waals surface area (Å²) >= 11 is 0. The summed E-state index contributed by atoms with van der Waals surface area (Å²) in [6.07, 6.45) is 7.85. The molecule has 2 atom stereocenters. The van der Waals surface area contributed by atoms with Gasteiger partial charge in [0.1, 0.15) is 0 Å². The van der Waals surface area contributed by atoms with Crippen molar-refractivity contribution in [3.8, 4) is 0 Å². The predicted octanol–water partition coefficient (Wildman–Crippen LogP) is 8.19. The summed E-state index contributed by atoms with van der Waals surface area (Å²) in [7, 11) is -0.780. The number of allylic oxidation sites excluding steroid dienone is 3. The van der Waals surface area contributed by atoms with Crippen LogP contribution in [0, 0.1) is 0 Å². The monoisotopic (exact) mass is 537 g/mol. The van der Waals surface area contributed by atoms with E-state index in [1.54, 1.807) is 0 Å². The smallest absolute Gasteiger partial charge is 0.403 e. The molecule has 0 amide bonds. The van der Waals surface area contributed by atoms with Gasteiger partial charge in [0, 0.05) is 23.2 Å². The van der Waals surface area contributed by atoms with Crippen molar-refractivity contribution in [1.82, 2.24) is 0 Å². The number of rotatable bonds is 10. The molecule has 5 nitrogen and oxygen atoms in total. The van der Waals surface area contributed by atoms with Crippen LogP contribution < -0.4 is 4.90 Å². The molecule has 2 heterocycles. The summed E-state index contributed by atoms with van der Waals surface area (Å²) in [4.78, 5) is 2.42. The van der Waals surface area contributed by atoms with Crippen LogP contribution in [-0.4, -0.2) is 42.7 Å². The van der Waals surface area contributed by atoms with Crippen LogP contribution >= 0.6 is 0 Å². The van der Waals surface area contributed by atoms with Gasteiger partial charge < -0.3 is 23.5 Å². The largest absolute Gasteiger partial charge is 0.492 e. The Morgan fingerprint density at radius 3 is 1.72 bits per heavy atom. The van der Waals surface area contributed by atoms with Gasteiger partial charge in [0.2, 0.25) is 0 Å². The summed E-state index contributed by atoms with van der Waals surface area (Å²) in [6.45, 7) is 27.7. The van der Waals surface area contributed by atoms with Crippen LogP contribution in [0.15, 0.2) is 47.6 Å². The molecule has 0 aromatic heterocycles. The molecule has 216 valence electrons. The van der Waals surface area contributed by atoms with Gasteiger partial charge in [0.15, 0.2) is 0 Å². The van der Waals surface area contributed by atoms with Gasteiger partial charge in [-0.3, -0.25) is 0 Å². The summed E-state index contributed by atoms with van der Waals surface area (Å²) in [5, 5.41) is 0.